The highest BCUT2D eigenvalue weighted by atomic mass is 16.5. The van der Waals surface area contributed by atoms with Crippen molar-refractivity contribution in [3.8, 4) is 17.0 Å². The number of aromatic nitrogens is 5. The average Bonchev–Trinajstić information content (AvgIpc) is 3.39. The van der Waals surface area contributed by atoms with Crippen LogP contribution in [0.4, 0.5) is 5.95 Å². The number of hydrogen-bond donors (Lipinski definition) is 1. The van der Waals surface area contributed by atoms with E-state index in [0.717, 1.165) is 48.2 Å². The van der Waals surface area contributed by atoms with Gasteiger partial charge in [-0.2, -0.15) is 10.1 Å². The quantitative estimate of drug-likeness (QED) is 0.562. The van der Waals surface area contributed by atoms with Gasteiger partial charge >= 0.3 is 0 Å². The molecule has 154 valence electrons. The van der Waals surface area contributed by atoms with E-state index in [1.54, 1.807) is 13.3 Å². The molecular formula is C22H24N6O2. The monoisotopic (exact) mass is 404 g/mol. The fourth-order valence-corrected chi connectivity index (χ4v) is 4.75. The molecule has 0 radical (unpaired) electrons. The Morgan fingerprint density at radius 1 is 1.13 bits per heavy atom. The normalized spacial score (nSPS) is 18.7. The number of pyridine rings is 1. The molecule has 4 aromatic rings. The maximum Gasteiger partial charge on any atom is 0.244 e. The molecule has 0 aromatic carbocycles. The van der Waals surface area contributed by atoms with Crippen molar-refractivity contribution in [3.63, 3.8) is 0 Å². The van der Waals surface area contributed by atoms with Crippen LogP contribution in [0.5, 0.6) is 5.88 Å². The third-order valence-electron chi connectivity index (χ3n) is 6.58. The van der Waals surface area contributed by atoms with Crippen molar-refractivity contribution in [2.75, 3.05) is 25.6 Å². The Morgan fingerprint density at radius 2 is 1.97 bits per heavy atom. The van der Waals surface area contributed by atoms with Gasteiger partial charge in [-0.1, -0.05) is 0 Å². The maximum atomic E-state index is 5.66. The van der Waals surface area contributed by atoms with Crippen LogP contribution < -0.4 is 10.1 Å². The van der Waals surface area contributed by atoms with Crippen LogP contribution in [0.15, 0.2) is 42.9 Å². The van der Waals surface area contributed by atoms with Crippen LogP contribution in [-0.4, -0.2) is 50.6 Å². The number of rotatable bonds is 4. The molecule has 2 fully saturated rings. The summed E-state index contributed by atoms with van der Waals surface area (Å²) in [5, 5.41) is 12.5. The molecule has 5 heterocycles. The second-order valence-electron chi connectivity index (χ2n) is 8.49. The van der Waals surface area contributed by atoms with Crippen LogP contribution >= 0.6 is 0 Å². The molecule has 1 saturated heterocycles. The van der Waals surface area contributed by atoms with Gasteiger partial charge in [-0.3, -0.25) is 0 Å². The molecule has 4 aromatic heterocycles. The van der Waals surface area contributed by atoms with Gasteiger partial charge in [0.2, 0.25) is 11.8 Å². The van der Waals surface area contributed by atoms with Gasteiger partial charge < -0.3 is 14.8 Å². The molecule has 1 spiro atoms. The van der Waals surface area contributed by atoms with E-state index < -0.39 is 0 Å². The highest BCUT2D eigenvalue weighted by Crippen LogP contribution is 2.42. The molecule has 8 nitrogen and oxygen atoms in total. The van der Waals surface area contributed by atoms with Crippen LogP contribution in [0, 0.1) is 5.41 Å². The van der Waals surface area contributed by atoms with Crippen LogP contribution in [0.3, 0.4) is 0 Å². The largest absolute Gasteiger partial charge is 0.479 e. The lowest BCUT2D eigenvalue weighted by Gasteiger charge is -2.46. The van der Waals surface area contributed by atoms with E-state index in [0.29, 0.717) is 23.3 Å². The number of nitrogens with zero attached hydrogens (tertiary/aromatic N) is 5. The molecule has 6 rings (SSSR count). The van der Waals surface area contributed by atoms with E-state index in [4.69, 9.17) is 14.6 Å². The standard InChI is InChI=1S/C22H24N6O2/c1-29-20-19-18(15-5-10-27-17(12-15)4-9-23-27)6-11-28(19)26-21(25-20)24-16-2-7-22(8-3-16)13-30-14-22/h4-6,9-12,16H,2-3,7-8,13-14H2,1H3,(H,24,26). The van der Waals surface area contributed by atoms with Crippen molar-refractivity contribution in [2.45, 2.75) is 31.7 Å². The highest BCUT2D eigenvalue weighted by Gasteiger charge is 2.41. The van der Waals surface area contributed by atoms with Crippen LogP contribution in [-0.2, 0) is 4.74 Å². The first kappa shape index (κ1) is 17.7. The van der Waals surface area contributed by atoms with E-state index in [2.05, 4.69) is 27.5 Å². The molecule has 0 amide bonds. The zero-order chi connectivity index (χ0) is 20.1. The van der Waals surface area contributed by atoms with Gasteiger partial charge in [0.25, 0.3) is 0 Å². The van der Waals surface area contributed by atoms with Crippen LogP contribution in [0.2, 0.25) is 0 Å². The summed E-state index contributed by atoms with van der Waals surface area (Å²) in [7, 11) is 1.66. The summed E-state index contributed by atoms with van der Waals surface area (Å²) in [5.41, 5.74) is 4.45. The predicted octanol–water partition coefficient (Wildman–Crippen LogP) is 3.42. The molecule has 0 bridgehead atoms. The molecule has 1 aliphatic heterocycles. The second-order valence-corrected chi connectivity index (χ2v) is 8.49. The highest BCUT2D eigenvalue weighted by molar-refractivity contribution is 5.85. The van der Waals surface area contributed by atoms with E-state index in [1.165, 1.54) is 12.8 Å². The van der Waals surface area contributed by atoms with Gasteiger partial charge in [0, 0.05) is 35.6 Å². The lowest BCUT2D eigenvalue weighted by atomic mass is 9.71. The first-order valence-corrected chi connectivity index (χ1v) is 10.4. The minimum atomic E-state index is 0.387. The van der Waals surface area contributed by atoms with Crippen molar-refractivity contribution < 1.29 is 9.47 Å². The average molecular weight is 404 g/mol. The Kier molecular flexibility index (Phi) is 3.95. The van der Waals surface area contributed by atoms with Crippen molar-refractivity contribution in [1.82, 2.24) is 24.2 Å². The van der Waals surface area contributed by atoms with Crippen molar-refractivity contribution in [1.29, 1.82) is 0 Å². The first-order valence-electron chi connectivity index (χ1n) is 10.4. The van der Waals surface area contributed by atoms with Gasteiger partial charge in [0.15, 0.2) is 0 Å². The zero-order valence-corrected chi connectivity index (χ0v) is 16.9. The molecule has 1 aliphatic carbocycles. The summed E-state index contributed by atoms with van der Waals surface area (Å²) in [6.07, 6.45) is 10.4. The van der Waals surface area contributed by atoms with Gasteiger partial charge in [-0.15, -0.1) is 5.10 Å². The van der Waals surface area contributed by atoms with Crippen LogP contribution in [0.1, 0.15) is 25.7 Å². The Bertz CT molecular complexity index is 1220. The molecule has 0 atom stereocenters. The number of anilines is 1. The van der Waals surface area contributed by atoms with Gasteiger partial charge in [-0.05, 0) is 55.5 Å². The Morgan fingerprint density at radius 3 is 2.73 bits per heavy atom. The van der Waals surface area contributed by atoms with E-state index in [9.17, 15) is 0 Å². The van der Waals surface area contributed by atoms with Gasteiger partial charge in [0.05, 0.1) is 25.8 Å². The number of methoxy groups -OCH3 is 1. The molecule has 2 aliphatic rings. The van der Waals surface area contributed by atoms with Gasteiger partial charge in [0.1, 0.15) is 5.52 Å². The molecule has 0 unspecified atom stereocenters. The number of nitrogens with one attached hydrogen (secondary N) is 1. The summed E-state index contributed by atoms with van der Waals surface area (Å²) < 4.78 is 14.8. The Hall–Kier alpha value is -3.13. The lowest BCUT2D eigenvalue weighted by Crippen LogP contribution is -2.47. The minimum absolute atomic E-state index is 0.387. The molecule has 1 saturated carbocycles. The summed E-state index contributed by atoms with van der Waals surface area (Å²) >= 11 is 0. The molecule has 8 heteroatoms. The number of fused-ring (bicyclic) bond motifs is 2. The van der Waals surface area contributed by atoms with E-state index in [-0.39, 0.29) is 0 Å². The minimum Gasteiger partial charge on any atom is -0.479 e. The molecule has 1 N–H and O–H groups in total. The molecular weight excluding hydrogens is 380 g/mol. The summed E-state index contributed by atoms with van der Waals surface area (Å²) in [5.74, 6) is 1.18. The van der Waals surface area contributed by atoms with Gasteiger partial charge in [-0.25, -0.2) is 9.03 Å². The number of ether oxygens (including phenoxy) is 2. The first-order chi connectivity index (χ1) is 14.7. The second kappa shape index (κ2) is 6.70. The fraction of sp³-hybridized carbons (Fsp3) is 0.409. The lowest BCUT2D eigenvalue weighted by molar-refractivity contribution is -0.131. The van der Waals surface area contributed by atoms with E-state index in [1.807, 2.05) is 33.6 Å². The summed E-state index contributed by atoms with van der Waals surface area (Å²) in [4.78, 5) is 4.69. The summed E-state index contributed by atoms with van der Waals surface area (Å²) in [6, 6.07) is 8.58. The third kappa shape index (κ3) is 2.82. The Labute approximate surface area is 173 Å². The van der Waals surface area contributed by atoms with Crippen molar-refractivity contribution in [2.24, 2.45) is 5.41 Å². The SMILES string of the molecule is COc1nc(NC2CCC3(CC2)COC3)nn2ccc(-c3ccn4nccc4c3)c12. The molecule has 30 heavy (non-hydrogen) atoms. The zero-order valence-electron chi connectivity index (χ0n) is 16.9. The maximum absolute atomic E-state index is 5.66. The van der Waals surface area contributed by atoms with Crippen molar-refractivity contribution >= 4 is 17.0 Å². The fourth-order valence-electron chi connectivity index (χ4n) is 4.75. The topological polar surface area (TPSA) is 78.0 Å². The predicted molar refractivity (Wildman–Crippen MR) is 113 cm³/mol. The van der Waals surface area contributed by atoms with E-state index >= 15 is 0 Å². The smallest absolute Gasteiger partial charge is 0.244 e. The van der Waals surface area contributed by atoms with Crippen molar-refractivity contribution in [3.05, 3.63) is 42.9 Å². The third-order valence-corrected chi connectivity index (χ3v) is 6.58. The Balaban J connectivity index is 1.31. The summed E-state index contributed by atoms with van der Waals surface area (Å²) in [6.45, 7) is 1.85. The van der Waals surface area contributed by atoms with Crippen LogP contribution in [0.25, 0.3) is 22.2 Å². The number of hydrogen-bond acceptors (Lipinski definition) is 6.